The molecule has 0 aliphatic carbocycles. The Morgan fingerprint density at radius 3 is 2.73 bits per heavy atom. The Hall–Kier alpha value is -1.62. The fourth-order valence-corrected chi connectivity index (χ4v) is 3.35. The maximum atomic E-state index is 5.36. The van der Waals surface area contributed by atoms with Gasteiger partial charge >= 0.3 is 0 Å². The Labute approximate surface area is 132 Å². The second kappa shape index (κ2) is 5.54. The Kier molecular flexibility index (Phi) is 3.85. The third-order valence-electron chi connectivity index (χ3n) is 4.56. The van der Waals surface area contributed by atoms with Crippen molar-refractivity contribution in [2.75, 3.05) is 6.54 Å². The molecule has 0 unspecified atom stereocenters. The summed E-state index contributed by atoms with van der Waals surface area (Å²) in [6, 6.07) is 2.61. The molecule has 3 rings (SSSR count). The topological polar surface area (TPSA) is 58.0 Å². The summed E-state index contributed by atoms with van der Waals surface area (Å²) >= 11 is 0. The Bertz CT molecular complexity index is 630. The van der Waals surface area contributed by atoms with Crippen molar-refractivity contribution in [3.8, 4) is 0 Å². The van der Waals surface area contributed by atoms with Crippen LogP contribution in [0.2, 0.25) is 0 Å². The van der Waals surface area contributed by atoms with Crippen molar-refractivity contribution in [3.05, 3.63) is 34.5 Å². The maximum absolute atomic E-state index is 5.36. The smallest absolute Gasteiger partial charge is 0.138 e. The number of likely N-dealkylation sites (tertiary alicyclic amines) is 1. The minimum atomic E-state index is 0.0841. The van der Waals surface area contributed by atoms with E-state index < -0.39 is 0 Å². The molecule has 1 fully saturated rings. The largest absolute Gasteiger partial charge is 0.361 e. The number of H-pyrrole nitrogens is 1. The lowest BCUT2D eigenvalue weighted by Gasteiger charge is -2.23. The number of hydrogen-bond donors (Lipinski definition) is 1. The van der Waals surface area contributed by atoms with Crippen LogP contribution in [0.1, 0.15) is 68.1 Å². The van der Waals surface area contributed by atoms with Gasteiger partial charge in [-0.1, -0.05) is 25.9 Å². The molecule has 1 atom stereocenters. The van der Waals surface area contributed by atoms with Crippen molar-refractivity contribution >= 4 is 0 Å². The third-order valence-corrected chi connectivity index (χ3v) is 4.56. The summed E-state index contributed by atoms with van der Waals surface area (Å²) in [6.45, 7) is 12.6. The van der Waals surface area contributed by atoms with Gasteiger partial charge in [0.15, 0.2) is 0 Å². The van der Waals surface area contributed by atoms with Gasteiger partial charge in [0.25, 0.3) is 0 Å². The van der Waals surface area contributed by atoms with E-state index >= 15 is 0 Å². The van der Waals surface area contributed by atoms with Gasteiger partial charge in [0.05, 0.1) is 11.4 Å². The molecule has 1 aliphatic rings. The van der Waals surface area contributed by atoms with E-state index in [0.29, 0.717) is 6.04 Å². The van der Waals surface area contributed by atoms with Crippen molar-refractivity contribution < 1.29 is 4.52 Å². The van der Waals surface area contributed by atoms with Crippen LogP contribution in [0.15, 0.2) is 10.6 Å². The molecule has 0 radical (unpaired) electrons. The van der Waals surface area contributed by atoms with Gasteiger partial charge in [-0.25, -0.2) is 0 Å². The Morgan fingerprint density at radius 2 is 2.14 bits per heavy atom. The quantitative estimate of drug-likeness (QED) is 0.940. The minimum Gasteiger partial charge on any atom is -0.361 e. The summed E-state index contributed by atoms with van der Waals surface area (Å²) in [5.74, 6) is 0.953. The molecule has 2 aromatic rings. The molecular weight excluding hydrogens is 276 g/mol. The molecule has 2 aromatic heterocycles. The molecule has 0 saturated carbocycles. The first kappa shape index (κ1) is 15.3. The first-order chi connectivity index (χ1) is 10.4. The molecule has 0 amide bonds. The molecule has 1 N–H and O–H groups in total. The number of nitrogens with one attached hydrogen (secondary N) is 1. The van der Waals surface area contributed by atoms with E-state index in [-0.39, 0.29) is 5.41 Å². The molecule has 1 aliphatic heterocycles. The van der Waals surface area contributed by atoms with Gasteiger partial charge in [0, 0.05) is 29.3 Å². The summed E-state index contributed by atoms with van der Waals surface area (Å²) in [6.07, 6.45) is 2.39. The monoisotopic (exact) mass is 302 g/mol. The van der Waals surface area contributed by atoms with E-state index in [1.165, 1.54) is 24.1 Å². The molecule has 22 heavy (non-hydrogen) atoms. The van der Waals surface area contributed by atoms with Crippen LogP contribution in [-0.2, 0) is 12.0 Å². The summed E-state index contributed by atoms with van der Waals surface area (Å²) < 4.78 is 5.36. The molecule has 120 valence electrons. The van der Waals surface area contributed by atoms with E-state index in [1.807, 2.05) is 13.8 Å². The zero-order valence-corrected chi connectivity index (χ0v) is 14.2. The van der Waals surface area contributed by atoms with Gasteiger partial charge < -0.3 is 4.52 Å². The molecule has 1 saturated heterocycles. The first-order valence-electron chi connectivity index (χ1n) is 8.08. The van der Waals surface area contributed by atoms with Crippen LogP contribution in [0.5, 0.6) is 0 Å². The highest BCUT2D eigenvalue weighted by Gasteiger charge is 2.31. The van der Waals surface area contributed by atoms with Crippen LogP contribution in [0.3, 0.4) is 0 Å². The van der Waals surface area contributed by atoms with E-state index in [2.05, 4.69) is 47.1 Å². The van der Waals surface area contributed by atoms with Crippen LogP contribution in [-0.4, -0.2) is 26.8 Å². The van der Waals surface area contributed by atoms with Gasteiger partial charge in [-0.3, -0.25) is 10.00 Å². The standard InChI is InChI=1S/C17H26N4O/c1-11-16(12(2)22-20-11)14-7-6-8-21(14)10-13-9-15(19-18-13)17(3,4)5/h9,14H,6-8,10H2,1-5H3,(H,18,19)/t14-/m0/s1. The molecule has 0 bridgehead atoms. The molecule has 3 heterocycles. The van der Waals surface area contributed by atoms with Crippen molar-refractivity contribution in [2.45, 2.75) is 65.5 Å². The lowest BCUT2D eigenvalue weighted by Crippen LogP contribution is -2.23. The number of hydrogen-bond acceptors (Lipinski definition) is 4. The summed E-state index contributed by atoms with van der Waals surface area (Å²) in [5.41, 5.74) is 4.68. The number of aromatic amines is 1. The second-order valence-corrected chi connectivity index (χ2v) is 7.39. The van der Waals surface area contributed by atoms with Crippen molar-refractivity contribution in [2.24, 2.45) is 0 Å². The van der Waals surface area contributed by atoms with Gasteiger partial charge in [-0.05, 0) is 39.3 Å². The summed E-state index contributed by atoms with van der Waals surface area (Å²) in [4.78, 5) is 2.51. The zero-order chi connectivity index (χ0) is 15.9. The number of nitrogens with zero attached hydrogens (tertiary/aromatic N) is 3. The van der Waals surface area contributed by atoms with Crippen LogP contribution in [0.4, 0.5) is 0 Å². The van der Waals surface area contributed by atoms with Crippen molar-refractivity contribution in [1.29, 1.82) is 0 Å². The van der Waals surface area contributed by atoms with Crippen LogP contribution in [0.25, 0.3) is 0 Å². The SMILES string of the molecule is Cc1noc(C)c1[C@@H]1CCCN1Cc1cc(C(C)(C)C)n[nH]1. The van der Waals surface area contributed by atoms with Crippen molar-refractivity contribution in [3.63, 3.8) is 0 Å². The van der Waals surface area contributed by atoms with E-state index in [4.69, 9.17) is 4.52 Å². The van der Waals surface area contributed by atoms with Gasteiger partial charge in [0.2, 0.25) is 0 Å². The highest BCUT2D eigenvalue weighted by molar-refractivity contribution is 5.26. The van der Waals surface area contributed by atoms with Gasteiger partial charge in [0.1, 0.15) is 5.76 Å². The lowest BCUT2D eigenvalue weighted by molar-refractivity contribution is 0.242. The predicted octanol–water partition coefficient (Wildman–Crippen LogP) is 3.65. The van der Waals surface area contributed by atoms with Gasteiger partial charge in [-0.2, -0.15) is 5.10 Å². The molecule has 0 aromatic carbocycles. The second-order valence-electron chi connectivity index (χ2n) is 7.39. The Morgan fingerprint density at radius 1 is 1.36 bits per heavy atom. The number of aromatic nitrogens is 3. The molecular formula is C17H26N4O. The average molecular weight is 302 g/mol. The fraction of sp³-hybridized carbons (Fsp3) is 0.647. The van der Waals surface area contributed by atoms with E-state index in [9.17, 15) is 0 Å². The highest BCUT2D eigenvalue weighted by Crippen LogP contribution is 2.36. The zero-order valence-electron chi connectivity index (χ0n) is 14.2. The number of rotatable bonds is 3. The summed E-state index contributed by atoms with van der Waals surface area (Å²) in [7, 11) is 0. The number of aryl methyl sites for hydroxylation is 2. The average Bonchev–Trinajstić information content (AvgIpc) is 3.12. The van der Waals surface area contributed by atoms with Gasteiger partial charge in [-0.15, -0.1) is 0 Å². The Balaban J connectivity index is 1.78. The van der Waals surface area contributed by atoms with E-state index in [0.717, 1.165) is 30.2 Å². The highest BCUT2D eigenvalue weighted by atomic mass is 16.5. The first-order valence-corrected chi connectivity index (χ1v) is 8.08. The van der Waals surface area contributed by atoms with Crippen LogP contribution < -0.4 is 0 Å². The normalized spacial score (nSPS) is 20.0. The van der Waals surface area contributed by atoms with Crippen LogP contribution in [0, 0.1) is 13.8 Å². The molecule has 5 nitrogen and oxygen atoms in total. The van der Waals surface area contributed by atoms with E-state index in [1.54, 1.807) is 0 Å². The lowest BCUT2D eigenvalue weighted by atomic mass is 9.92. The fourth-order valence-electron chi connectivity index (χ4n) is 3.35. The van der Waals surface area contributed by atoms with Crippen LogP contribution >= 0.6 is 0 Å². The summed E-state index contributed by atoms with van der Waals surface area (Å²) in [5, 5.41) is 11.8. The third kappa shape index (κ3) is 2.82. The molecule has 0 spiro atoms. The molecule has 5 heteroatoms. The minimum absolute atomic E-state index is 0.0841. The predicted molar refractivity (Wildman–Crippen MR) is 85.6 cm³/mol. The maximum Gasteiger partial charge on any atom is 0.138 e. The van der Waals surface area contributed by atoms with Crippen molar-refractivity contribution in [1.82, 2.24) is 20.3 Å².